The molecule has 12 N–H and O–H groups in total. The molecule has 4 aromatic carbocycles. The summed E-state index contributed by atoms with van der Waals surface area (Å²) in [5, 5.41) is 5.82. The standard InChI is InChI=1S/C35H26N12O4/c1-14(36)41-34(44-31(37)38)42-21-12-10-15(23-25(21)29(50)19-8-4-2-6-17(19)27(23)48)16-11-13-22(43-35-46-32(39)45-33(40)47-35)26-24(16)28(49)18-7-3-5-9-20(18)30(26)51/h2-13H,1,36H2,(H5,37,38,41,42,44)(H5,39,40,43,45,46,47). The van der Waals surface area contributed by atoms with Gasteiger partial charge in [-0.3, -0.25) is 19.2 Å². The fraction of sp³-hybridized carbons (Fsp3) is 0. The molecule has 2 aliphatic rings. The number of guanidine groups is 2. The van der Waals surface area contributed by atoms with Crippen molar-refractivity contribution in [3.05, 3.63) is 130 Å². The van der Waals surface area contributed by atoms with Gasteiger partial charge in [0.15, 0.2) is 29.1 Å². The van der Waals surface area contributed by atoms with E-state index in [1.54, 1.807) is 48.5 Å². The Kier molecular flexibility index (Phi) is 7.52. The number of nitrogens with one attached hydrogen (secondary N) is 2. The van der Waals surface area contributed by atoms with Crippen molar-refractivity contribution in [2.75, 3.05) is 22.1 Å². The van der Waals surface area contributed by atoms with Gasteiger partial charge in [-0.15, -0.1) is 0 Å². The molecular weight excluding hydrogens is 652 g/mol. The van der Waals surface area contributed by atoms with Crippen molar-refractivity contribution in [3.8, 4) is 11.1 Å². The van der Waals surface area contributed by atoms with Gasteiger partial charge in [-0.25, -0.2) is 0 Å². The molecule has 0 bridgehead atoms. The summed E-state index contributed by atoms with van der Waals surface area (Å²) in [6, 6.07) is 18.8. The maximum atomic E-state index is 14.4. The monoisotopic (exact) mass is 678 g/mol. The van der Waals surface area contributed by atoms with Crippen LogP contribution in [-0.4, -0.2) is 50.0 Å². The van der Waals surface area contributed by atoms with Crippen LogP contribution in [0.25, 0.3) is 11.1 Å². The molecule has 0 saturated heterocycles. The van der Waals surface area contributed by atoms with E-state index in [4.69, 9.17) is 28.7 Å². The second-order valence-corrected chi connectivity index (χ2v) is 11.3. The van der Waals surface area contributed by atoms with Crippen LogP contribution in [0.1, 0.15) is 63.7 Å². The van der Waals surface area contributed by atoms with E-state index in [2.05, 4.69) is 42.1 Å². The van der Waals surface area contributed by atoms with Crippen LogP contribution in [0.4, 0.5) is 29.2 Å². The van der Waals surface area contributed by atoms with Crippen LogP contribution in [0.2, 0.25) is 0 Å². The molecule has 2 aliphatic carbocycles. The average molecular weight is 679 g/mol. The molecule has 0 atom stereocenters. The number of carbonyl (C=O) groups excluding carboxylic acids is 4. The van der Waals surface area contributed by atoms with Crippen molar-refractivity contribution in [1.82, 2.24) is 15.0 Å². The lowest BCUT2D eigenvalue weighted by Crippen LogP contribution is -2.28. The number of hydrogen-bond donors (Lipinski definition) is 7. The molecule has 1 heterocycles. The number of nitrogens with zero attached hydrogens (tertiary/aromatic N) is 5. The van der Waals surface area contributed by atoms with E-state index in [0.717, 1.165) is 0 Å². The van der Waals surface area contributed by atoms with Crippen LogP contribution in [0, 0.1) is 0 Å². The summed E-state index contributed by atoms with van der Waals surface area (Å²) in [6.07, 6.45) is 0. The van der Waals surface area contributed by atoms with E-state index in [1.165, 1.54) is 24.3 Å². The van der Waals surface area contributed by atoms with Gasteiger partial charge in [0.25, 0.3) is 0 Å². The number of benzene rings is 4. The maximum Gasteiger partial charge on any atom is 0.233 e. The molecule has 0 spiro atoms. The molecule has 0 aliphatic heterocycles. The fourth-order valence-electron chi connectivity index (χ4n) is 6.15. The van der Waals surface area contributed by atoms with Gasteiger partial charge in [0.05, 0.1) is 22.5 Å². The Morgan fingerprint density at radius 3 is 1.43 bits per heavy atom. The number of fused-ring (bicyclic) bond motifs is 4. The maximum absolute atomic E-state index is 14.4. The molecular formula is C35H26N12O4. The summed E-state index contributed by atoms with van der Waals surface area (Å²) >= 11 is 0. The number of aliphatic imine (C=N–C) groups is 2. The summed E-state index contributed by atoms with van der Waals surface area (Å²) in [5.41, 5.74) is 29.6. The van der Waals surface area contributed by atoms with Gasteiger partial charge in [0, 0.05) is 33.4 Å². The van der Waals surface area contributed by atoms with Crippen LogP contribution in [0.3, 0.4) is 0 Å². The normalized spacial score (nSPS) is 13.1. The van der Waals surface area contributed by atoms with E-state index in [9.17, 15) is 19.2 Å². The second-order valence-electron chi connectivity index (χ2n) is 11.3. The van der Waals surface area contributed by atoms with Crippen LogP contribution in [0.5, 0.6) is 0 Å². The van der Waals surface area contributed by atoms with E-state index in [0.29, 0.717) is 0 Å². The number of nitrogens with two attached hydrogens (primary N) is 5. The van der Waals surface area contributed by atoms with Gasteiger partial charge in [0.1, 0.15) is 5.82 Å². The minimum atomic E-state index is -0.510. The Bertz CT molecular complexity index is 2460. The number of anilines is 5. The van der Waals surface area contributed by atoms with Crippen molar-refractivity contribution in [2.24, 2.45) is 27.2 Å². The van der Waals surface area contributed by atoms with Gasteiger partial charge in [0.2, 0.25) is 23.8 Å². The first-order chi connectivity index (χ1) is 24.4. The molecule has 0 fully saturated rings. The summed E-state index contributed by atoms with van der Waals surface area (Å²) in [7, 11) is 0. The van der Waals surface area contributed by atoms with Crippen molar-refractivity contribution >= 4 is 64.3 Å². The molecule has 250 valence electrons. The highest BCUT2D eigenvalue weighted by molar-refractivity contribution is 6.35. The van der Waals surface area contributed by atoms with Crippen LogP contribution >= 0.6 is 0 Å². The number of aromatic nitrogens is 3. The molecule has 0 saturated carbocycles. The Morgan fingerprint density at radius 2 is 0.980 bits per heavy atom. The minimum Gasteiger partial charge on any atom is -0.384 e. The molecule has 0 amide bonds. The fourth-order valence-corrected chi connectivity index (χ4v) is 6.15. The van der Waals surface area contributed by atoms with Gasteiger partial charge in [-0.2, -0.15) is 24.9 Å². The average Bonchev–Trinajstić information content (AvgIpc) is 3.08. The van der Waals surface area contributed by atoms with Gasteiger partial charge in [-0.05, 0) is 23.3 Å². The van der Waals surface area contributed by atoms with E-state index < -0.39 is 23.1 Å². The lowest BCUT2D eigenvalue weighted by molar-refractivity contribution is 0.0978. The first-order valence-electron chi connectivity index (χ1n) is 15.1. The van der Waals surface area contributed by atoms with Crippen molar-refractivity contribution in [2.45, 2.75) is 0 Å². The zero-order valence-electron chi connectivity index (χ0n) is 26.4. The highest BCUT2D eigenvalue weighted by atomic mass is 16.1. The molecule has 51 heavy (non-hydrogen) atoms. The summed E-state index contributed by atoms with van der Waals surface area (Å²) < 4.78 is 0. The molecule has 16 nitrogen and oxygen atoms in total. The minimum absolute atomic E-state index is 0.0247. The summed E-state index contributed by atoms with van der Waals surface area (Å²) in [6.45, 7) is 3.54. The van der Waals surface area contributed by atoms with E-state index in [-0.39, 0.29) is 103 Å². The number of rotatable bonds is 5. The molecule has 1 aromatic heterocycles. The van der Waals surface area contributed by atoms with Crippen LogP contribution in [0.15, 0.2) is 95.2 Å². The Labute approximate surface area is 288 Å². The topological polar surface area (TPSA) is 286 Å². The van der Waals surface area contributed by atoms with E-state index >= 15 is 0 Å². The Morgan fingerprint density at radius 1 is 0.549 bits per heavy atom. The lowest BCUT2D eigenvalue weighted by Gasteiger charge is -2.26. The Balaban J connectivity index is 1.50. The summed E-state index contributed by atoms with van der Waals surface area (Å²) in [5.74, 6) is -3.14. The first kappa shape index (κ1) is 31.8. The molecule has 0 unspecified atom stereocenters. The largest absolute Gasteiger partial charge is 0.384 e. The van der Waals surface area contributed by atoms with Gasteiger partial charge >= 0.3 is 0 Å². The number of hydrogen-bond acceptors (Lipinski definition) is 12. The van der Waals surface area contributed by atoms with Crippen molar-refractivity contribution in [3.63, 3.8) is 0 Å². The molecule has 7 rings (SSSR count). The van der Waals surface area contributed by atoms with E-state index in [1.807, 2.05) is 0 Å². The van der Waals surface area contributed by atoms with Crippen LogP contribution in [-0.2, 0) is 0 Å². The van der Waals surface area contributed by atoms with Crippen molar-refractivity contribution in [1.29, 1.82) is 0 Å². The number of ketones is 4. The van der Waals surface area contributed by atoms with Crippen LogP contribution < -0.4 is 39.3 Å². The predicted octanol–water partition coefficient (Wildman–Crippen LogP) is 2.47. The predicted molar refractivity (Wildman–Crippen MR) is 191 cm³/mol. The number of nitrogen functional groups attached to an aromatic ring is 2. The second kappa shape index (κ2) is 12.0. The smallest absolute Gasteiger partial charge is 0.233 e. The highest BCUT2D eigenvalue weighted by Gasteiger charge is 2.38. The van der Waals surface area contributed by atoms with Gasteiger partial charge in [-0.1, -0.05) is 67.2 Å². The third kappa shape index (κ3) is 5.43. The van der Waals surface area contributed by atoms with Crippen molar-refractivity contribution < 1.29 is 19.2 Å². The molecule has 0 radical (unpaired) electrons. The Hall–Kier alpha value is -7.75. The SMILES string of the molecule is C=C(N)N=C(N=C(N)N)Nc1ccc(-c2ccc(Nc3nc(N)nc(N)n3)c3c2C(=O)c2ccccc2C3=O)c2c1C(=O)c1ccccc1C2=O. The molecule has 5 aromatic rings. The van der Waals surface area contributed by atoms with Gasteiger partial charge < -0.3 is 39.3 Å². The zero-order chi connectivity index (χ0) is 36.1. The molecule has 16 heteroatoms. The first-order valence-corrected chi connectivity index (χ1v) is 15.1. The zero-order valence-corrected chi connectivity index (χ0v) is 26.4. The summed E-state index contributed by atoms with van der Waals surface area (Å²) in [4.78, 5) is 77.0. The highest BCUT2D eigenvalue weighted by Crippen LogP contribution is 2.44. The third-order valence-corrected chi connectivity index (χ3v) is 8.09. The number of carbonyl (C=O) groups is 4. The lowest BCUT2D eigenvalue weighted by atomic mass is 9.75. The quantitative estimate of drug-likeness (QED) is 0.102. The third-order valence-electron chi connectivity index (χ3n) is 8.09.